The normalized spacial score (nSPS) is 10.3. The van der Waals surface area contributed by atoms with Crippen LogP contribution in [0.5, 0.6) is 5.75 Å². The Hall–Kier alpha value is -1.13. The van der Waals surface area contributed by atoms with Crippen molar-refractivity contribution in [1.29, 1.82) is 0 Å². The number of hydrogen-bond donors (Lipinski definition) is 1. The molecule has 18 heavy (non-hydrogen) atoms. The summed E-state index contributed by atoms with van der Waals surface area (Å²) >= 11 is 5.29. The lowest BCUT2D eigenvalue weighted by Gasteiger charge is -2.09. The maximum absolute atomic E-state index is 5.74. The van der Waals surface area contributed by atoms with Gasteiger partial charge in [-0.3, -0.25) is 0 Å². The fourth-order valence-electron chi connectivity index (χ4n) is 1.57. The summed E-state index contributed by atoms with van der Waals surface area (Å²) in [6, 6.07) is 14.0. The fourth-order valence-corrected chi connectivity index (χ4v) is 3.20. The van der Waals surface area contributed by atoms with Crippen molar-refractivity contribution in [3.63, 3.8) is 0 Å². The highest BCUT2D eigenvalue weighted by molar-refractivity contribution is 9.10. The molecule has 0 unspecified atom stereocenters. The Bertz CT molecular complexity index is 545. The third-order valence-electron chi connectivity index (χ3n) is 2.53. The zero-order valence-electron chi connectivity index (χ0n) is 10.0. The van der Waals surface area contributed by atoms with Gasteiger partial charge in [-0.15, -0.1) is 11.8 Å². The van der Waals surface area contributed by atoms with Crippen LogP contribution in [0.4, 0.5) is 5.69 Å². The molecular weight excluding hydrogens is 310 g/mol. The van der Waals surface area contributed by atoms with Gasteiger partial charge in [0, 0.05) is 26.9 Å². The highest BCUT2D eigenvalue weighted by atomic mass is 79.9. The zero-order valence-corrected chi connectivity index (χ0v) is 12.4. The number of nitrogen functional groups attached to an aromatic ring is 1. The number of thioether (sulfide) groups is 1. The molecule has 0 aliphatic rings. The van der Waals surface area contributed by atoms with E-state index in [0.29, 0.717) is 0 Å². The summed E-state index contributed by atoms with van der Waals surface area (Å²) < 4.78 is 6.46. The van der Waals surface area contributed by atoms with Crippen molar-refractivity contribution in [3.05, 3.63) is 52.5 Å². The molecule has 0 bridgehead atoms. The maximum atomic E-state index is 5.74. The van der Waals surface area contributed by atoms with Gasteiger partial charge in [0.15, 0.2) is 0 Å². The minimum absolute atomic E-state index is 0.720. The quantitative estimate of drug-likeness (QED) is 0.671. The molecule has 2 N–H and O–H groups in total. The standard InChI is InChI=1S/C14H14BrNOS/c1-17-13-8-11(16)6-7-14(13)18-9-10-4-2-3-5-12(10)15/h2-8H,9,16H2,1H3. The summed E-state index contributed by atoms with van der Waals surface area (Å²) in [5, 5.41) is 0. The Morgan fingerprint density at radius 3 is 2.72 bits per heavy atom. The Balaban J connectivity index is 2.13. The largest absolute Gasteiger partial charge is 0.496 e. The van der Waals surface area contributed by atoms with E-state index in [1.165, 1.54) is 5.56 Å². The molecule has 4 heteroatoms. The van der Waals surface area contributed by atoms with Crippen LogP contribution in [-0.2, 0) is 5.75 Å². The minimum atomic E-state index is 0.720. The molecule has 2 nitrogen and oxygen atoms in total. The van der Waals surface area contributed by atoms with Gasteiger partial charge in [0.25, 0.3) is 0 Å². The van der Waals surface area contributed by atoms with E-state index in [1.54, 1.807) is 18.9 Å². The second-order valence-electron chi connectivity index (χ2n) is 3.79. The van der Waals surface area contributed by atoms with Gasteiger partial charge >= 0.3 is 0 Å². The molecule has 0 heterocycles. The van der Waals surface area contributed by atoms with E-state index in [2.05, 4.69) is 28.1 Å². The molecule has 0 atom stereocenters. The van der Waals surface area contributed by atoms with Gasteiger partial charge in [0.2, 0.25) is 0 Å². The first-order chi connectivity index (χ1) is 8.70. The van der Waals surface area contributed by atoms with E-state index in [1.807, 2.05) is 30.3 Å². The van der Waals surface area contributed by atoms with Crippen molar-refractivity contribution in [3.8, 4) is 5.75 Å². The minimum Gasteiger partial charge on any atom is -0.496 e. The predicted molar refractivity (Wildman–Crippen MR) is 81.1 cm³/mol. The number of ether oxygens (including phenoxy) is 1. The fraction of sp³-hybridized carbons (Fsp3) is 0.143. The van der Waals surface area contributed by atoms with Crippen LogP contribution in [0, 0.1) is 0 Å². The number of halogens is 1. The van der Waals surface area contributed by atoms with E-state index in [4.69, 9.17) is 10.5 Å². The molecule has 2 aromatic carbocycles. The highest BCUT2D eigenvalue weighted by Crippen LogP contribution is 2.34. The van der Waals surface area contributed by atoms with Gasteiger partial charge in [-0.25, -0.2) is 0 Å². The molecule has 0 fully saturated rings. The molecule has 0 aliphatic carbocycles. The number of hydrogen-bond acceptors (Lipinski definition) is 3. The van der Waals surface area contributed by atoms with Crippen LogP contribution in [0.25, 0.3) is 0 Å². The molecule has 94 valence electrons. The van der Waals surface area contributed by atoms with Gasteiger partial charge < -0.3 is 10.5 Å². The topological polar surface area (TPSA) is 35.2 Å². The molecule has 0 saturated heterocycles. The second kappa shape index (κ2) is 6.16. The molecule has 0 saturated carbocycles. The van der Waals surface area contributed by atoms with Crippen LogP contribution in [-0.4, -0.2) is 7.11 Å². The zero-order chi connectivity index (χ0) is 13.0. The van der Waals surface area contributed by atoms with Crippen LogP contribution < -0.4 is 10.5 Å². The smallest absolute Gasteiger partial charge is 0.134 e. The van der Waals surface area contributed by atoms with Crippen molar-refractivity contribution < 1.29 is 4.74 Å². The molecule has 2 aromatic rings. The number of rotatable bonds is 4. The summed E-state index contributed by atoms with van der Waals surface area (Å²) in [5.41, 5.74) is 7.72. The van der Waals surface area contributed by atoms with Crippen LogP contribution in [0.3, 0.4) is 0 Å². The Morgan fingerprint density at radius 1 is 1.22 bits per heavy atom. The van der Waals surface area contributed by atoms with E-state index in [9.17, 15) is 0 Å². The number of anilines is 1. The number of benzene rings is 2. The lowest BCUT2D eigenvalue weighted by atomic mass is 10.2. The first kappa shape index (κ1) is 13.3. The summed E-state index contributed by atoms with van der Waals surface area (Å²) in [4.78, 5) is 1.10. The van der Waals surface area contributed by atoms with Gasteiger partial charge in [-0.05, 0) is 23.8 Å². The van der Waals surface area contributed by atoms with E-state index >= 15 is 0 Å². The van der Waals surface area contributed by atoms with Crippen molar-refractivity contribution in [2.75, 3.05) is 12.8 Å². The van der Waals surface area contributed by atoms with Gasteiger partial charge in [0.1, 0.15) is 5.75 Å². The first-order valence-corrected chi connectivity index (χ1v) is 7.28. The summed E-state index contributed by atoms with van der Waals surface area (Å²) in [6.45, 7) is 0. The van der Waals surface area contributed by atoms with Crippen molar-refractivity contribution in [2.24, 2.45) is 0 Å². The van der Waals surface area contributed by atoms with Gasteiger partial charge in [0.05, 0.1) is 7.11 Å². The van der Waals surface area contributed by atoms with Crippen LogP contribution in [0.15, 0.2) is 51.8 Å². The third kappa shape index (κ3) is 3.21. The average molecular weight is 324 g/mol. The SMILES string of the molecule is COc1cc(N)ccc1SCc1ccccc1Br. The van der Waals surface area contributed by atoms with E-state index in [0.717, 1.165) is 26.6 Å². The van der Waals surface area contributed by atoms with Crippen molar-refractivity contribution in [1.82, 2.24) is 0 Å². The third-order valence-corrected chi connectivity index (χ3v) is 4.41. The number of nitrogens with two attached hydrogens (primary N) is 1. The molecule has 0 aromatic heterocycles. The number of methoxy groups -OCH3 is 1. The van der Waals surface area contributed by atoms with Crippen LogP contribution in [0.1, 0.15) is 5.56 Å². The summed E-state index contributed by atoms with van der Waals surface area (Å²) in [6.07, 6.45) is 0. The lowest BCUT2D eigenvalue weighted by Crippen LogP contribution is -1.91. The second-order valence-corrected chi connectivity index (χ2v) is 5.66. The summed E-state index contributed by atoms with van der Waals surface area (Å²) in [5.74, 6) is 1.72. The first-order valence-electron chi connectivity index (χ1n) is 5.50. The van der Waals surface area contributed by atoms with Gasteiger partial charge in [-0.1, -0.05) is 34.1 Å². The van der Waals surface area contributed by atoms with Crippen LogP contribution >= 0.6 is 27.7 Å². The molecule has 0 amide bonds. The average Bonchev–Trinajstić information content (AvgIpc) is 2.39. The van der Waals surface area contributed by atoms with E-state index < -0.39 is 0 Å². The van der Waals surface area contributed by atoms with Crippen molar-refractivity contribution in [2.45, 2.75) is 10.6 Å². The molecular formula is C14H14BrNOS. The summed E-state index contributed by atoms with van der Waals surface area (Å²) in [7, 11) is 1.66. The molecule has 2 rings (SSSR count). The maximum Gasteiger partial charge on any atom is 0.134 e. The Labute approximate surface area is 120 Å². The van der Waals surface area contributed by atoms with E-state index in [-0.39, 0.29) is 0 Å². The van der Waals surface area contributed by atoms with Crippen LogP contribution in [0.2, 0.25) is 0 Å². The monoisotopic (exact) mass is 323 g/mol. The van der Waals surface area contributed by atoms with Gasteiger partial charge in [-0.2, -0.15) is 0 Å². The van der Waals surface area contributed by atoms with Crippen molar-refractivity contribution >= 4 is 33.4 Å². The highest BCUT2D eigenvalue weighted by Gasteiger charge is 2.06. The lowest BCUT2D eigenvalue weighted by molar-refractivity contribution is 0.405. The Morgan fingerprint density at radius 2 is 2.00 bits per heavy atom. The molecule has 0 aliphatic heterocycles. The predicted octanol–water partition coefficient (Wildman–Crippen LogP) is 4.33. The Kier molecular flexibility index (Phi) is 4.55. The molecule has 0 spiro atoms. The molecule has 0 radical (unpaired) electrons.